The average Bonchev–Trinajstić information content (AvgIpc) is 2.72. The van der Waals surface area contributed by atoms with E-state index in [1.807, 2.05) is 19.2 Å². The summed E-state index contributed by atoms with van der Waals surface area (Å²) >= 11 is 0. The van der Waals surface area contributed by atoms with Crippen molar-refractivity contribution in [3.05, 3.63) is 30.1 Å². The van der Waals surface area contributed by atoms with E-state index in [0.717, 1.165) is 50.3 Å². The average molecular weight is 503 g/mol. The molecule has 0 saturated carbocycles. The van der Waals surface area contributed by atoms with Gasteiger partial charge in [0.25, 0.3) is 0 Å². The Kier molecular flexibility index (Phi) is 9.77. The normalized spacial score (nSPS) is 19.5. The number of piperidine rings is 1. The lowest BCUT2D eigenvalue weighted by Crippen LogP contribution is -2.52. The lowest BCUT2D eigenvalue weighted by Gasteiger charge is -2.38. The van der Waals surface area contributed by atoms with Gasteiger partial charge in [-0.05, 0) is 69.1 Å². The molecule has 28 heavy (non-hydrogen) atoms. The highest BCUT2D eigenvalue weighted by atomic mass is 127. The minimum Gasteiger partial charge on any atom is -0.368 e. The fraction of sp³-hybridized carbons (Fsp3) is 0.667. The van der Waals surface area contributed by atoms with Crippen molar-refractivity contribution in [1.82, 2.24) is 15.1 Å². The SMILES string of the molecule is CCN1CCC(CCNC(=NC)N2CCN(c3ccc(F)cc3)CC2)CC1.I. The first-order valence-corrected chi connectivity index (χ1v) is 10.4. The fourth-order valence-electron chi connectivity index (χ4n) is 4.14. The predicted octanol–water partition coefficient (Wildman–Crippen LogP) is 3.26. The van der Waals surface area contributed by atoms with E-state index in [1.54, 1.807) is 0 Å². The zero-order valence-corrected chi connectivity index (χ0v) is 19.6. The van der Waals surface area contributed by atoms with E-state index in [2.05, 4.69) is 31.9 Å². The number of hydrogen-bond donors (Lipinski definition) is 1. The second-order valence-electron chi connectivity index (χ2n) is 7.59. The zero-order valence-electron chi connectivity index (χ0n) is 17.2. The number of hydrogen-bond acceptors (Lipinski definition) is 3. The molecule has 1 aromatic carbocycles. The number of rotatable bonds is 5. The molecule has 0 unspecified atom stereocenters. The summed E-state index contributed by atoms with van der Waals surface area (Å²) in [6.45, 7) is 10.7. The summed E-state index contributed by atoms with van der Waals surface area (Å²) in [4.78, 5) is 11.7. The Morgan fingerprint density at radius 3 is 2.29 bits per heavy atom. The topological polar surface area (TPSA) is 34.1 Å². The molecule has 0 atom stereocenters. The smallest absolute Gasteiger partial charge is 0.193 e. The summed E-state index contributed by atoms with van der Waals surface area (Å²) in [6, 6.07) is 6.80. The molecule has 3 rings (SSSR count). The van der Waals surface area contributed by atoms with Gasteiger partial charge in [0.2, 0.25) is 0 Å². The highest BCUT2D eigenvalue weighted by molar-refractivity contribution is 14.0. The number of likely N-dealkylation sites (tertiary alicyclic amines) is 1. The Morgan fingerprint density at radius 1 is 1.07 bits per heavy atom. The van der Waals surface area contributed by atoms with Crippen LogP contribution >= 0.6 is 24.0 Å². The Labute approximate surface area is 186 Å². The Hall–Kier alpha value is -1.09. The molecule has 0 aromatic heterocycles. The van der Waals surface area contributed by atoms with Gasteiger partial charge in [-0.25, -0.2) is 4.39 Å². The maximum atomic E-state index is 13.1. The van der Waals surface area contributed by atoms with Crippen LogP contribution in [0.1, 0.15) is 26.2 Å². The standard InChI is InChI=1S/C21H34FN5.HI/c1-3-25-12-9-18(10-13-25)8-11-24-21(23-2)27-16-14-26(15-17-27)20-6-4-19(22)5-7-20;/h4-7,18H,3,8-17H2,1-2H3,(H,23,24);1H. The van der Waals surface area contributed by atoms with Gasteiger partial charge < -0.3 is 20.0 Å². The van der Waals surface area contributed by atoms with Gasteiger partial charge in [-0.3, -0.25) is 4.99 Å². The number of aliphatic imine (C=N–C) groups is 1. The van der Waals surface area contributed by atoms with Crippen LogP contribution in [0.3, 0.4) is 0 Å². The minimum absolute atomic E-state index is 0. The molecule has 0 amide bonds. The number of halogens is 2. The molecule has 2 aliphatic heterocycles. The number of benzene rings is 1. The van der Waals surface area contributed by atoms with E-state index < -0.39 is 0 Å². The summed E-state index contributed by atoms with van der Waals surface area (Å²) in [7, 11) is 1.87. The number of nitrogens with one attached hydrogen (secondary N) is 1. The maximum Gasteiger partial charge on any atom is 0.193 e. The predicted molar refractivity (Wildman–Crippen MR) is 126 cm³/mol. The maximum absolute atomic E-state index is 13.1. The summed E-state index contributed by atoms with van der Waals surface area (Å²) in [5.41, 5.74) is 1.09. The van der Waals surface area contributed by atoms with E-state index in [-0.39, 0.29) is 29.8 Å². The van der Waals surface area contributed by atoms with Crippen LogP contribution in [0, 0.1) is 11.7 Å². The number of piperazine rings is 1. The molecule has 2 saturated heterocycles. The molecule has 0 radical (unpaired) electrons. The van der Waals surface area contributed by atoms with Crippen LogP contribution in [0.4, 0.5) is 10.1 Å². The number of nitrogens with zero attached hydrogens (tertiary/aromatic N) is 4. The summed E-state index contributed by atoms with van der Waals surface area (Å²) in [6.07, 6.45) is 3.88. The van der Waals surface area contributed by atoms with Gasteiger partial charge in [-0.15, -0.1) is 24.0 Å². The van der Waals surface area contributed by atoms with Gasteiger partial charge in [0, 0.05) is 45.5 Å². The number of anilines is 1. The first-order valence-electron chi connectivity index (χ1n) is 10.4. The third-order valence-electron chi connectivity index (χ3n) is 5.97. The highest BCUT2D eigenvalue weighted by Crippen LogP contribution is 2.20. The second-order valence-corrected chi connectivity index (χ2v) is 7.59. The van der Waals surface area contributed by atoms with Gasteiger partial charge in [-0.2, -0.15) is 0 Å². The molecule has 0 aliphatic carbocycles. The van der Waals surface area contributed by atoms with Crippen LogP contribution < -0.4 is 10.2 Å². The van der Waals surface area contributed by atoms with Crippen molar-refractivity contribution in [1.29, 1.82) is 0 Å². The van der Waals surface area contributed by atoms with Crippen molar-refractivity contribution in [3.8, 4) is 0 Å². The molecule has 5 nitrogen and oxygen atoms in total. The molecule has 7 heteroatoms. The fourth-order valence-corrected chi connectivity index (χ4v) is 4.14. The zero-order chi connectivity index (χ0) is 19.1. The Morgan fingerprint density at radius 2 is 1.71 bits per heavy atom. The van der Waals surface area contributed by atoms with Crippen LogP contribution in [0.5, 0.6) is 0 Å². The van der Waals surface area contributed by atoms with Gasteiger partial charge in [0.1, 0.15) is 5.82 Å². The van der Waals surface area contributed by atoms with Crippen LogP contribution in [0.2, 0.25) is 0 Å². The second kappa shape index (κ2) is 11.8. The third kappa shape index (κ3) is 6.47. The molecule has 2 fully saturated rings. The van der Waals surface area contributed by atoms with Gasteiger partial charge in [0.15, 0.2) is 5.96 Å². The summed E-state index contributed by atoms with van der Waals surface area (Å²) in [5.74, 6) is 1.68. The molecule has 0 bridgehead atoms. The Balaban J connectivity index is 0.00000280. The third-order valence-corrected chi connectivity index (χ3v) is 5.97. The van der Waals surface area contributed by atoms with E-state index >= 15 is 0 Å². The van der Waals surface area contributed by atoms with E-state index in [9.17, 15) is 4.39 Å². The molecule has 1 N–H and O–H groups in total. The summed E-state index contributed by atoms with van der Waals surface area (Å²) in [5, 5.41) is 3.57. The van der Waals surface area contributed by atoms with Crippen molar-refractivity contribution < 1.29 is 4.39 Å². The van der Waals surface area contributed by atoms with Crippen molar-refractivity contribution in [2.24, 2.45) is 10.9 Å². The molecule has 1 aromatic rings. The largest absolute Gasteiger partial charge is 0.368 e. The van der Waals surface area contributed by atoms with Crippen LogP contribution in [0.25, 0.3) is 0 Å². The van der Waals surface area contributed by atoms with Crippen LogP contribution in [0.15, 0.2) is 29.3 Å². The molecular weight excluding hydrogens is 468 g/mol. The van der Waals surface area contributed by atoms with Crippen molar-refractivity contribution in [2.75, 3.05) is 64.3 Å². The van der Waals surface area contributed by atoms with E-state index in [4.69, 9.17) is 0 Å². The Bertz CT molecular complexity index is 593. The van der Waals surface area contributed by atoms with Gasteiger partial charge in [-0.1, -0.05) is 6.92 Å². The van der Waals surface area contributed by atoms with Crippen molar-refractivity contribution in [2.45, 2.75) is 26.2 Å². The monoisotopic (exact) mass is 503 g/mol. The van der Waals surface area contributed by atoms with Crippen LogP contribution in [-0.4, -0.2) is 75.2 Å². The first-order chi connectivity index (χ1) is 13.2. The molecule has 2 heterocycles. The quantitative estimate of drug-likeness (QED) is 0.380. The first kappa shape index (κ1) is 23.2. The van der Waals surface area contributed by atoms with E-state index in [0.29, 0.717) is 0 Å². The lowest BCUT2D eigenvalue weighted by atomic mass is 9.93. The van der Waals surface area contributed by atoms with Crippen molar-refractivity contribution in [3.63, 3.8) is 0 Å². The van der Waals surface area contributed by atoms with E-state index in [1.165, 1.54) is 51.0 Å². The van der Waals surface area contributed by atoms with Gasteiger partial charge >= 0.3 is 0 Å². The molecule has 158 valence electrons. The van der Waals surface area contributed by atoms with Gasteiger partial charge in [0.05, 0.1) is 0 Å². The molecule has 0 spiro atoms. The van der Waals surface area contributed by atoms with Crippen molar-refractivity contribution >= 4 is 35.6 Å². The number of guanidine groups is 1. The lowest BCUT2D eigenvalue weighted by molar-refractivity contribution is 0.187. The summed E-state index contributed by atoms with van der Waals surface area (Å²) < 4.78 is 13.1. The molecular formula is C21H35FIN5. The minimum atomic E-state index is -0.178. The molecule has 2 aliphatic rings. The van der Waals surface area contributed by atoms with Crippen LogP contribution in [-0.2, 0) is 0 Å². The highest BCUT2D eigenvalue weighted by Gasteiger charge is 2.21.